The van der Waals surface area contributed by atoms with Crippen molar-refractivity contribution >= 4 is 27.5 Å². The van der Waals surface area contributed by atoms with Gasteiger partial charge in [-0.15, -0.1) is 0 Å². The smallest absolute Gasteiger partial charge is 0.319 e. The molecule has 1 saturated heterocycles. The molecule has 6 rings (SSSR count). The van der Waals surface area contributed by atoms with E-state index in [-0.39, 0.29) is 40.1 Å². The lowest BCUT2D eigenvalue weighted by molar-refractivity contribution is 0.129. The first-order valence-electron chi connectivity index (χ1n) is 14.6. The summed E-state index contributed by atoms with van der Waals surface area (Å²) >= 11 is 0. The Kier molecular flexibility index (Phi) is 7.61. The summed E-state index contributed by atoms with van der Waals surface area (Å²) in [6, 6.07) is 6.04. The maximum absolute atomic E-state index is 16.7. The van der Waals surface area contributed by atoms with Gasteiger partial charge in [-0.2, -0.15) is 9.97 Å². The second-order valence-corrected chi connectivity index (χ2v) is 12.1. The second kappa shape index (κ2) is 11.2. The zero-order valence-electron chi connectivity index (χ0n) is 24.6. The minimum atomic E-state index is -0.673. The fourth-order valence-corrected chi connectivity index (χ4v) is 6.13. The van der Waals surface area contributed by atoms with Crippen LogP contribution in [0.1, 0.15) is 32.3 Å². The third kappa shape index (κ3) is 5.45. The van der Waals surface area contributed by atoms with Gasteiger partial charge in [0.1, 0.15) is 28.6 Å². The molecule has 0 radical (unpaired) electrons. The summed E-state index contributed by atoms with van der Waals surface area (Å²) in [5, 5.41) is 12.1. The molecule has 1 saturated carbocycles. The van der Waals surface area contributed by atoms with E-state index in [1.54, 1.807) is 18.3 Å². The number of halogens is 2. The van der Waals surface area contributed by atoms with Crippen molar-refractivity contribution in [1.29, 1.82) is 0 Å². The molecule has 8 nitrogen and oxygen atoms in total. The number of anilines is 1. The first kappa shape index (κ1) is 28.5. The Balaban J connectivity index is 1.51. The molecular weight excluding hydrogens is 540 g/mol. The van der Waals surface area contributed by atoms with Crippen LogP contribution in [0.25, 0.3) is 32.9 Å². The fourth-order valence-electron chi connectivity index (χ4n) is 6.13. The Morgan fingerprint density at radius 3 is 2.74 bits per heavy atom. The van der Waals surface area contributed by atoms with Crippen LogP contribution in [0.5, 0.6) is 11.8 Å². The van der Waals surface area contributed by atoms with Gasteiger partial charge in [0, 0.05) is 36.8 Å². The minimum absolute atomic E-state index is 0.0156. The molecule has 0 spiro atoms. The lowest BCUT2D eigenvalue weighted by atomic mass is 9.94. The van der Waals surface area contributed by atoms with Crippen LogP contribution in [0, 0.1) is 23.0 Å². The van der Waals surface area contributed by atoms with Crippen molar-refractivity contribution in [2.75, 3.05) is 58.5 Å². The number of aryl methyl sites for hydroxylation is 1. The highest BCUT2D eigenvalue weighted by Crippen LogP contribution is 2.46. The third-order valence-electron chi connectivity index (χ3n) is 8.26. The number of benzene rings is 2. The van der Waals surface area contributed by atoms with E-state index in [1.165, 1.54) is 12.1 Å². The van der Waals surface area contributed by atoms with Crippen LogP contribution in [0.3, 0.4) is 0 Å². The Bertz CT molecular complexity index is 1640. The number of aromatic hydroxyl groups is 1. The summed E-state index contributed by atoms with van der Waals surface area (Å²) in [5.74, 6) is -0.330. The number of ether oxygens (including phenoxy) is 2. The maximum Gasteiger partial charge on any atom is 0.319 e. The number of rotatable bonds is 8. The summed E-state index contributed by atoms with van der Waals surface area (Å²) in [5.41, 5.74) is 0.837. The van der Waals surface area contributed by atoms with E-state index in [4.69, 9.17) is 14.5 Å². The van der Waals surface area contributed by atoms with Gasteiger partial charge in [0.05, 0.1) is 25.2 Å². The van der Waals surface area contributed by atoms with Crippen LogP contribution in [0.15, 0.2) is 30.5 Å². The molecule has 2 aliphatic rings. The average Bonchev–Trinajstić information content (AvgIpc) is 3.75. The molecule has 2 fully saturated rings. The van der Waals surface area contributed by atoms with Crippen molar-refractivity contribution < 1.29 is 23.4 Å². The first-order valence-corrected chi connectivity index (χ1v) is 14.6. The number of phenols is 1. The number of hydrogen-bond donors (Lipinski definition) is 1. The van der Waals surface area contributed by atoms with Gasteiger partial charge in [-0.3, -0.25) is 4.98 Å². The molecule has 1 unspecified atom stereocenters. The number of fused-ring (bicyclic) bond motifs is 2. The third-order valence-corrected chi connectivity index (χ3v) is 8.26. The predicted octanol–water partition coefficient (Wildman–Crippen LogP) is 5.58. The standard InChI is InChI=1S/C32H37F2N5O3/c1-5-22-25(33)7-6-20-12-21(40)13-23(26(20)22)28-27(34)29-24(14-35-28)30(39-10-11-41-16-19(2)15-39)37-31(36-29)42-18-32(8-9-32)17-38(3)4/h6-7,12-14,19,40H,5,8-11,15-18H2,1-4H3. The van der Waals surface area contributed by atoms with Crippen molar-refractivity contribution in [3.05, 3.63) is 47.7 Å². The van der Waals surface area contributed by atoms with Crippen LogP contribution in [0.4, 0.5) is 14.6 Å². The van der Waals surface area contributed by atoms with Crippen LogP contribution in [-0.4, -0.2) is 78.5 Å². The number of nitrogens with zero attached hydrogens (tertiary/aromatic N) is 5. The molecule has 3 heterocycles. The van der Waals surface area contributed by atoms with Crippen LogP contribution < -0.4 is 9.64 Å². The van der Waals surface area contributed by atoms with Crippen molar-refractivity contribution in [1.82, 2.24) is 19.9 Å². The zero-order valence-corrected chi connectivity index (χ0v) is 24.6. The van der Waals surface area contributed by atoms with Crippen LogP contribution >= 0.6 is 0 Å². The predicted molar refractivity (Wildman–Crippen MR) is 159 cm³/mol. The Labute approximate surface area is 244 Å². The van der Waals surface area contributed by atoms with E-state index in [0.717, 1.165) is 19.4 Å². The SMILES string of the molecule is CCc1c(F)ccc2cc(O)cc(-c3ncc4c(N5CCOCC(C)C5)nc(OCC5(CN(C)C)CC5)nc4c3F)c12. The van der Waals surface area contributed by atoms with Gasteiger partial charge in [-0.1, -0.05) is 19.9 Å². The van der Waals surface area contributed by atoms with Gasteiger partial charge >= 0.3 is 6.01 Å². The quantitative estimate of drug-likeness (QED) is 0.291. The highest BCUT2D eigenvalue weighted by molar-refractivity contribution is 6.01. The van der Waals surface area contributed by atoms with Gasteiger partial charge in [-0.05, 0) is 73.8 Å². The minimum Gasteiger partial charge on any atom is -0.508 e. The Hall–Kier alpha value is -3.63. The van der Waals surface area contributed by atoms with Crippen LogP contribution in [0.2, 0.25) is 0 Å². The van der Waals surface area contributed by atoms with E-state index >= 15 is 4.39 Å². The number of pyridine rings is 1. The summed E-state index contributed by atoms with van der Waals surface area (Å²) in [6.07, 6.45) is 4.06. The molecule has 1 aliphatic heterocycles. The highest BCUT2D eigenvalue weighted by atomic mass is 19.1. The van der Waals surface area contributed by atoms with E-state index in [9.17, 15) is 9.50 Å². The fraction of sp³-hybridized carbons (Fsp3) is 0.469. The molecule has 1 N–H and O–H groups in total. The molecule has 2 aromatic carbocycles. The van der Waals surface area contributed by atoms with Gasteiger partial charge in [-0.25, -0.2) is 8.78 Å². The van der Waals surface area contributed by atoms with Gasteiger partial charge in [0.15, 0.2) is 5.82 Å². The molecule has 0 bridgehead atoms. The van der Waals surface area contributed by atoms with Crippen molar-refractivity contribution in [2.45, 2.75) is 33.1 Å². The number of hydrogen-bond acceptors (Lipinski definition) is 8. The lowest BCUT2D eigenvalue weighted by Gasteiger charge is -2.25. The van der Waals surface area contributed by atoms with E-state index in [2.05, 4.69) is 26.7 Å². The highest BCUT2D eigenvalue weighted by Gasteiger charge is 2.44. The molecule has 4 aromatic rings. The molecule has 0 amide bonds. The van der Waals surface area contributed by atoms with E-state index in [1.807, 2.05) is 21.0 Å². The molecular formula is C32H37F2N5O3. The average molecular weight is 578 g/mol. The van der Waals surface area contributed by atoms with Crippen LogP contribution in [-0.2, 0) is 11.2 Å². The number of aromatic nitrogens is 3. The van der Waals surface area contributed by atoms with E-state index < -0.39 is 5.82 Å². The lowest BCUT2D eigenvalue weighted by Crippen LogP contribution is -2.31. The Morgan fingerprint density at radius 2 is 2.00 bits per heavy atom. The number of phenolic OH excluding ortho intramolecular Hbond substituents is 1. The molecule has 222 valence electrons. The monoisotopic (exact) mass is 577 g/mol. The first-order chi connectivity index (χ1) is 20.2. The molecule has 42 heavy (non-hydrogen) atoms. The van der Waals surface area contributed by atoms with Crippen molar-refractivity contribution in [3.63, 3.8) is 0 Å². The maximum atomic E-state index is 16.7. The topological polar surface area (TPSA) is 83.8 Å². The summed E-state index contributed by atoms with van der Waals surface area (Å²) < 4.78 is 43.5. The largest absolute Gasteiger partial charge is 0.508 e. The van der Waals surface area contributed by atoms with E-state index in [0.29, 0.717) is 72.4 Å². The van der Waals surface area contributed by atoms with Gasteiger partial charge < -0.3 is 24.4 Å². The van der Waals surface area contributed by atoms with Crippen molar-refractivity contribution in [3.8, 4) is 23.0 Å². The zero-order chi connectivity index (χ0) is 29.6. The van der Waals surface area contributed by atoms with Gasteiger partial charge in [0.2, 0.25) is 0 Å². The van der Waals surface area contributed by atoms with Gasteiger partial charge in [0.25, 0.3) is 0 Å². The molecule has 10 heteroatoms. The Morgan fingerprint density at radius 1 is 1.19 bits per heavy atom. The van der Waals surface area contributed by atoms with Crippen molar-refractivity contribution in [2.24, 2.45) is 11.3 Å². The summed E-state index contributed by atoms with van der Waals surface area (Å²) in [6.45, 7) is 7.68. The normalized spacial score (nSPS) is 18.5. The summed E-state index contributed by atoms with van der Waals surface area (Å²) in [4.78, 5) is 18.1. The summed E-state index contributed by atoms with van der Waals surface area (Å²) in [7, 11) is 4.08. The molecule has 1 atom stereocenters. The molecule has 1 aliphatic carbocycles. The second-order valence-electron chi connectivity index (χ2n) is 12.1. The molecule has 2 aromatic heterocycles.